The van der Waals surface area contributed by atoms with Gasteiger partial charge in [-0.2, -0.15) is 5.10 Å². The number of nitrogens with zero attached hydrogens (tertiary/aromatic N) is 3. The minimum atomic E-state index is -0.146. The number of nitrogens with one attached hydrogen (secondary N) is 2. The molecule has 0 aliphatic carbocycles. The number of carbonyl (C=O) groups is 1. The number of hydrogen-bond acceptors (Lipinski definition) is 4. The largest absolute Gasteiger partial charge is 0.333 e. The van der Waals surface area contributed by atoms with Crippen molar-refractivity contribution in [1.82, 2.24) is 25.4 Å². The van der Waals surface area contributed by atoms with Crippen molar-refractivity contribution in [3.8, 4) is 0 Å². The van der Waals surface area contributed by atoms with Crippen LogP contribution in [0.5, 0.6) is 0 Å². The number of rotatable bonds is 4. The van der Waals surface area contributed by atoms with Gasteiger partial charge in [-0.05, 0) is 36.8 Å². The lowest BCUT2D eigenvalue weighted by molar-refractivity contribution is 0.232. The highest BCUT2D eigenvalue weighted by Gasteiger charge is 2.25. The predicted octanol–water partition coefficient (Wildman–Crippen LogP) is 2.54. The first-order chi connectivity index (χ1) is 10.7. The number of urea groups is 1. The SMILES string of the molecule is CCc1nc2n(n1)CCCC2NC(=O)NCc1sccc1C. The van der Waals surface area contributed by atoms with E-state index >= 15 is 0 Å². The molecule has 2 N–H and O–H groups in total. The van der Waals surface area contributed by atoms with Crippen LogP contribution < -0.4 is 10.6 Å². The van der Waals surface area contributed by atoms with Crippen LogP contribution in [0.3, 0.4) is 0 Å². The van der Waals surface area contributed by atoms with Crippen molar-refractivity contribution in [1.29, 1.82) is 0 Å². The molecule has 6 nitrogen and oxygen atoms in total. The maximum atomic E-state index is 12.1. The Kier molecular flexibility index (Phi) is 4.42. The zero-order valence-corrected chi connectivity index (χ0v) is 13.7. The molecule has 2 aromatic heterocycles. The Morgan fingerprint density at radius 3 is 3.14 bits per heavy atom. The van der Waals surface area contributed by atoms with Gasteiger partial charge in [-0.3, -0.25) is 0 Å². The first kappa shape index (κ1) is 15.0. The number of amides is 2. The summed E-state index contributed by atoms with van der Waals surface area (Å²) >= 11 is 1.66. The second-order valence-corrected chi connectivity index (χ2v) is 6.51. The molecule has 0 saturated heterocycles. The van der Waals surface area contributed by atoms with Crippen molar-refractivity contribution < 1.29 is 4.79 Å². The molecule has 0 saturated carbocycles. The summed E-state index contributed by atoms with van der Waals surface area (Å²) in [5, 5.41) is 12.5. The summed E-state index contributed by atoms with van der Waals surface area (Å²) in [6.45, 7) is 5.55. The van der Waals surface area contributed by atoms with Crippen LogP contribution in [0.4, 0.5) is 4.79 Å². The molecule has 1 unspecified atom stereocenters. The molecule has 3 rings (SSSR count). The summed E-state index contributed by atoms with van der Waals surface area (Å²) in [6, 6.07) is 1.87. The summed E-state index contributed by atoms with van der Waals surface area (Å²) in [5.41, 5.74) is 1.22. The average Bonchev–Trinajstić information content (AvgIpc) is 3.11. The van der Waals surface area contributed by atoms with Crippen LogP contribution in [0, 0.1) is 6.92 Å². The van der Waals surface area contributed by atoms with E-state index in [1.54, 1.807) is 11.3 Å². The van der Waals surface area contributed by atoms with Crippen LogP contribution in [-0.4, -0.2) is 20.8 Å². The maximum Gasteiger partial charge on any atom is 0.315 e. The second-order valence-electron chi connectivity index (χ2n) is 5.51. The monoisotopic (exact) mass is 319 g/mol. The van der Waals surface area contributed by atoms with E-state index in [2.05, 4.69) is 33.7 Å². The summed E-state index contributed by atoms with van der Waals surface area (Å²) in [4.78, 5) is 17.9. The van der Waals surface area contributed by atoms with Gasteiger partial charge in [-0.15, -0.1) is 11.3 Å². The zero-order chi connectivity index (χ0) is 15.5. The van der Waals surface area contributed by atoms with Gasteiger partial charge in [0.15, 0.2) is 5.82 Å². The lowest BCUT2D eigenvalue weighted by Crippen LogP contribution is -2.39. The Bertz CT molecular complexity index is 663. The molecule has 0 fully saturated rings. The molecule has 2 aromatic rings. The van der Waals surface area contributed by atoms with Gasteiger partial charge in [-0.25, -0.2) is 14.5 Å². The van der Waals surface area contributed by atoms with Crippen LogP contribution in [0.2, 0.25) is 0 Å². The molecule has 1 atom stereocenters. The van der Waals surface area contributed by atoms with Crippen molar-refractivity contribution >= 4 is 17.4 Å². The standard InChI is InChI=1S/C15H21N5OS/c1-3-13-18-14-11(5-4-7-20(14)19-13)17-15(21)16-9-12-10(2)6-8-22-12/h6,8,11H,3-5,7,9H2,1-2H3,(H2,16,17,21). The molecule has 2 amide bonds. The van der Waals surface area contributed by atoms with Gasteiger partial charge < -0.3 is 10.6 Å². The Balaban J connectivity index is 1.60. The first-order valence-electron chi connectivity index (χ1n) is 7.68. The number of hydrogen-bond donors (Lipinski definition) is 2. The predicted molar refractivity (Wildman–Crippen MR) is 85.8 cm³/mol. The summed E-state index contributed by atoms with van der Waals surface area (Å²) in [5.74, 6) is 1.73. The van der Waals surface area contributed by atoms with Crippen molar-refractivity contribution in [3.05, 3.63) is 33.5 Å². The second kappa shape index (κ2) is 6.48. The number of thiophene rings is 1. The molecule has 1 aliphatic rings. The molecule has 3 heterocycles. The quantitative estimate of drug-likeness (QED) is 0.909. The molecule has 118 valence electrons. The number of aromatic nitrogens is 3. The van der Waals surface area contributed by atoms with E-state index in [0.29, 0.717) is 6.54 Å². The molecule has 0 radical (unpaired) electrons. The fourth-order valence-corrected chi connectivity index (χ4v) is 3.49. The van der Waals surface area contributed by atoms with E-state index in [9.17, 15) is 4.79 Å². The third kappa shape index (κ3) is 3.14. The van der Waals surface area contributed by atoms with Crippen LogP contribution in [-0.2, 0) is 19.5 Å². The molecule has 22 heavy (non-hydrogen) atoms. The van der Waals surface area contributed by atoms with Crippen molar-refractivity contribution in [3.63, 3.8) is 0 Å². The lowest BCUT2D eigenvalue weighted by atomic mass is 10.1. The third-order valence-corrected chi connectivity index (χ3v) is 4.94. The highest BCUT2D eigenvalue weighted by Crippen LogP contribution is 2.23. The van der Waals surface area contributed by atoms with E-state index in [4.69, 9.17) is 0 Å². The van der Waals surface area contributed by atoms with Gasteiger partial charge in [0.05, 0.1) is 12.6 Å². The topological polar surface area (TPSA) is 71.8 Å². The smallest absolute Gasteiger partial charge is 0.315 e. The fraction of sp³-hybridized carbons (Fsp3) is 0.533. The molecule has 7 heteroatoms. The maximum absolute atomic E-state index is 12.1. The van der Waals surface area contributed by atoms with Crippen LogP contribution in [0.15, 0.2) is 11.4 Å². The highest BCUT2D eigenvalue weighted by atomic mass is 32.1. The van der Waals surface area contributed by atoms with E-state index < -0.39 is 0 Å². The van der Waals surface area contributed by atoms with Crippen LogP contribution >= 0.6 is 11.3 Å². The Morgan fingerprint density at radius 1 is 1.55 bits per heavy atom. The fourth-order valence-electron chi connectivity index (χ4n) is 2.64. The van der Waals surface area contributed by atoms with Crippen LogP contribution in [0.1, 0.15) is 47.9 Å². The van der Waals surface area contributed by atoms with Gasteiger partial charge >= 0.3 is 6.03 Å². The highest BCUT2D eigenvalue weighted by molar-refractivity contribution is 7.10. The van der Waals surface area contributed by atoms with Crippen molar-refractivity contribution in [2.45, 2.75) is 52.2 Å². The molecule has 1 aliphatic heterocycles. The molecule has 0 bridgehead atoms. The third-order valence-electron chi connectivity index (χ3n) is 3.92. The lowest BCUT2D eigenvalue weighted by Gasteiger charge is -2.23. The van der Waals surface area contributed by atoms with E-state index in [0.717, 1.165) is 37.5 Å². The minimum Gasteiger partial charge on any atom is -0.333 e. The van der Waals surface area contributed by atoms with Crippen LogP contribution in [0.25, 0.3) is 0 Å². The van der Waals surface area contributed by atoms with Gasteiger partial charge in [0.2, 0.25) is 0 Å². The van der Waals surface area contributed by atoms with Crippen molar-refractivity contribution in [2.75, 3.05) is 0 Å². The average molecular weight is 319 g/mol. The van der Waals surface area contributed by atoms with Gasteiger partial charge in [-0.1, -0.05) is 6.92 Å². The molecule has 0 spiro atoms. The van der Waals surface area contributed by atoms with E-state index in [1.807, 2.05) is 17.0 Å². The molecular formula is C15H21N5OS. The normalized spacial score (nSPS) is 17.1. The van der Waals surface area contributed by atoms with E-state index in [1.165, 1.54) is 10.4 Å². The Labute approximate surface area is 133 Å². The van der Waals surface area contributed by atoms with Gasteiger partial charge in [0.25, 0.3) is 0 Å². The van der Waals surface area contributed by atoms with Gasteiger partial charge in [0.1, 0.15) is 5.82 Å². The number of aryl methyl sites for hydroxylation is 3. The summed E-state index contributed by atoms with van der Waals surface area (Å²) in [6.07, 6.45) is 2.73. The Morgan fingerprint density at radius 2 is 2.41 bits per heavy atom. The van der Waals surface area contributed by atoms with E-state index in [-0.39, 0.29) is 12.1 Å². The molecule has 0 aromatic carbocycles. The summed E-state index contributed by atoms with van der Waals surface area (Å²) < 4.78 is 1.93. The van der Waals surface area contributed by atoms with Gasteiger partial charge in [0, 0.05) is 17.8 Å². The minimum absolute atomic E-state index is 0.0500. The Hall–Kier alpha value is -1.89. The zero-order valence-electron chi connectivity index (χ0n) is 12.9. The number of fused-ring (bicyclic) bond motifs is 1. The van der Waals surface area contributed by atoms with Crippen molar-refractivity contribution in [2.24, 2.45) is 0 Å². The number of carbonyl (C=O) groups excluding carboxylic acids is 1. The first-order valence-corrected chi connectivity index (χ1v) is 8.56. The molecular weight excluding hydrogens is 298 g/mol. The summed E-state index contributed by atoms with van der Waals surface area (Å²) in [7, 11) is 0.